The van der Waals surface area contributed by atoms with E-state index in [-0.39, 0.29) is 17.3 Å². The molecule has 19 heavy (non-hydrogen) atoms. The topological polar surface area (TPSA) is 55.4 Å². The predicted octanol–water partition coefficient (Wildman–Crippen LogP) is 3.22. The molecule has 4 heteroatoms. The molecule has 0 saturated heterocycles. The van der Waals surface area contributed by atoms with Crippen molar-refractivity contribution in [3.8, 4) is 0 Å². The van der Waals surface area contributed by atoms with Gasteiger partial charge in [-0.1, -0.05) is 18.6 Å². The largest absolute Gasteiger partial charge is 0.449 e. The van der Waals surface area contributed by atoms with Gasteiger partial charge in [0.1, 0.15) is 5.78 Å². The van der Waals surface area contributed by atoms with E-state index in [1.54, 1.807) is 6.92 Å². The van der Waals surface area contributed by atoms with Crippen LogP contribution in [-0.2, 0) is 9.53 Å². The number of carbonyl (C=O) groups is 2. The van der Waals surface area contributed by atoms with Gasteiger partial charge in [0.15, 0.2) is 0 Å². The minimum absolute atomic E-state index is 0.158. The van der Waals surface area contributed by atoms with E-state index in [0.717, 1.165) is 25.7 Å². The number of allylic oxidation sites excluding steroid dienone is 2. The van der Waals surface area contributed by atoms with Crippen molar-refractivity contribution in [3.63, 3.8) is 0 Å². The number of ketones is 1. The Morgan fingerprint density at radius 3 is 2.74 bits per heavy atom. The highest BCUT2D eigenvalue weighted by Gasteiger charge is 2.34. The van der Waals surface area contributed by atoms with Crippen molar-refractivity contribution in [2.75, 3.05) is 13.2 Å². The summed E-state index contributed by atoms with van der Waals surface area (Å²) >= 11 is 0. The van der Waals surface area contributed by atoms with Gasteiger partial charge >= 0.3 is 6.09 Å². The fraction of sp³-hybridized carbons (Fsp3) is 0.733. The van der Waals surface area contributed by atoms with Crippen LogP contribution >= 0.6 is 0 Å². The molecule has 0 aromatic rings. The lowest BCUT2D eigenvalue weighted by Crippen LogP contribution is -2.35. The maximum absolute atomic E-state index is 11.5. The van der Waals surface area contributed by atoms with Gasteiger partial charge in [-0.2, -0.15) is 0 Å². The second-order valence-electron chi connectivity index (χ2n) is 5.64. The molecule has 1 aliphatic rings. The molecule has 0 aliphatic heterocycles. The first-order valence-corrected chi connectivity index (χ1v) is 7.03. The minimum Gasteiger partial charge on any atom is -0.449 e. The Bertz CT molecular complexity index is 362. The second-order valence-corrected chi connectivity index (χ2v) is 5.64. The molecule has 0 aromatic carbocycles. The van der Waals surface area contributed by atoms with Gasteiger partial charge < -0.3 is 14.8 Å². The molecule has 1 N–H and O–H groups in total. The van der Waals surface area contributed by atoms with E-state index in [1.807, 2.05) is 6.92 Å². The van der Waals surface area contributed by atoms with Crippen molar-refractivity contribution in [1.29, 1.82) is 0 Å². The number of amides is 1. The number of rotatable bonds is 6. The van der Waals surface area contributed by atoms with Crippen molar-refractivity contribution in [2.24, 2.45) is 5.41 Å². The van der Waals surface area contributed by atoms with Crippen molar-refractivity contribution >= 4 is 11.9 Å². The van der Waals surface area contributed by atoms with Crippen LogP contribution in [0, 0.1) is 5.41 Å². The van der Waals surface area contributed by atoms with E-state index in [2.05, 4.69) is 18.3 Å². The van der Waals surface area contributed by atoms with E-state index < -0.39 is 0 Å². The molecule has 0 spiro atoms. The van der Waals surface area contributed by atoms with E-state index in [0.29, 0.717) is 19.6 Å². The first-order valence-electron chi connectivity index (χ1n) is 7.03. The average molecular weight is 267 g/mol. The SMILES string of the molecule is CCCNC(=O)OCC1(CC(C)=O)CC=C(C)CC1. The Kier molecular flexibility index (Phi) is 6.06. The standard InChI is InChI=1S/C15H25NO3/c1-4-9-16-14(18)19-11-15(10-13(3)17)7-5-12(2)6-8-15/h5H,4,6-11H2,1-3H3,(H,16,18). The van der Waals surface area contributed by atoms with Crippen LogP contribution in [0.3, 0.4) is 0 Å². The summed E-state index contributed by atoms with van der Waals surface area (Å²) in [6, 6.07) is 0. The van der Waals surface area contributed by atoms with Crippen molar-refractivity contribution in [2.45, 2.75) is 52.9 Å². The molecule has 1 atom stereocenters. The number of carbonyl (C=O) groups excluding carboxylic acids is 2. The molecular formula is C15H25NO3. The first-order chi connectivity index (χ1) is 8.97. The van der Waals surface area contributed by atoms with Crippen LogP contribution in [-0.4, -0.2) is 25.0 Å². The van der Waals surface area contributed by atoms with Gasteiger partial charge in [0.2, 0.25) is 0 Å². The number of nitrogens with one attached hydrogen (secondary N) is 1. The maximum Gasteiger partial charge on any atom is 0.407 e. The van der Waals surface area contributed by atoms with Gasteiger partial charge in [-0.3, -0.25) is 0 Å². The van der Waals surface area contributed by atoms with Gasteiger partial charge in [0.25, 0.3) is 0 Å². The highest BCUT2D eigenvalue weighted by Crippen LogP contribution is 2.39. The van der Waals surface area contributed by atoms with E-state index in [1.165, 1.54) is 5.57 Å². The molecule has 0 aromatic heterocycles. The summed E-state index contributed by atoms with van der Waals surface area (Å²) in [6.07, 6.45) is 5.87. The molecule has 0 saturated carbocycles. The lowest BCUT2D eigenvalue weighted by Gasteiger charge is -2.34. The molecule has 0 fully saturated rings. The molecule has 108 valence electrons. The van der Waals surface area contributed by atoms with Gasteiger partial charge in [-0.15, -0.1) is 0 Å². The highest BCUT2D eigenvalue weighted by atomic mass is 16.5. The lowest BCUT2D eigenvalue weighted by atomic mass is 9.72. The van der Waals surface area contributed by atoms with Crippen LogP contribution < -0.4 is 5.32 Å². The van der Waals surface area contributed by atoms with Gasteiger partial charge in [0, 0.05) is 18.4 Å². The summed E-state index contributed by atoms with van der Waals surface area (Å²) in [4.78, 5) is 22.9. The van der Waals surface area contributed by atoms with Crippen LogP contribution in [0.2, 0.25) is 0 Å². The van der Waals surface area contributed by atoms with Crippen LogP contribution in [0.25, 0.3) is 0 Å². The third-order valence-electron chi connectivity index (χ3n) is 3.59. The smallest absolute Gasteiger partial charge is 0.407 e. The Balaban J connectivity index is 2.56. The average Bonchev–Trinajstić information content (AvgIpc) is 2.37. The van der Waals surface area contributed by atoms with Gasteiger partial charge in [0.05, 0.1) is 6.61 Å². The normalized spacial score (nSPS) is 22.6. The van der Waals surface area contributed by atoms with E-state index in [9.17, 15) is 9.59 Å². The highest BCUT2D eigenvalue weighted by molar-refractivity contribution is 5.76. The first kappa shape index (κ1) is 15.7. The van der Waals surface area contributed by atoms with Crippen molar-refractivity contribution in [1.82, 2.24) is 5.32 Å². The molecule has 0 radical (unpaired) electrons. The van der Waals surface area contributed by atoms with Crippen LogP contribution in [0.15, 0.2) is 11.6 Å². The van der Waals surface area contributed by atoms with Gasteiger partial charge in [-0.25, -0.2) is 4.79 Å². The Labute approximate surface area is 115 Å². The zero-order chi connectivity index (χ0) is 14.3. The predicted molar refractivity (Wildman–Crippen MR) is 75.0 cm³/mol. The number of hydrogen-bond donors (Lipinski definition) is 1. The Hall–Kier alpha value is -1.32. The summed E-state index contributed by atoms with van der Waals surface area (Å²) in [5.74, 6) is 0.158. The molecule has 1 unspecified atom stereocenters. The minimum atomic E-state index is -0.379. The maximum atomic E-state index is 11.5. The van der Waals surface area contributed by atoms with Gasteiger partial charge in [-0.05, 0) is 39.5 Å². The summed E-state index contributed by atoms with van der Waals surface area (Å²) < 4.78 is 5.29. The third-order valence-corrected chi connectivity index (χ3v) is 3.59. The molecule has 4 nitrogen and oxygen atoms in total. The number of ether oxygens (including phenoxy) is 1. The zero-order valence-corrected chi connectivity index (χ0v) is 12.3. The molecule has 1 aliphatic carbocycles. The second kappa shape index (κ2) is 7.31. The summed E-state index contributed by atoms with van der Waals surface area (Å²) in [7, 11) is 0. The quantitative estimate of drug-likeness (QED) is 0.752. The summed E-state index contributed by atoms with van der Waals surface area (Å²) in [5, 5.41) is 2.69. The molecule has 1 amide bonds. The van der Waals surface area contributed by atoms with E-state index >= 15 is 0 Å². The monoisotopic (exact) mass is 267 g/mol. The molecule has 0 heterocycles. The van der Waals surface area contributed by atoms with Crippen LogP contribution in [0.4, 0.5) is 4.79 Å². The molecule has 0 bridgehead atoms. The summed E-state index contributed by atoms with van der Waals surface area (Å²) in [5.41, 5.74) is 1.16. The fourth-order valence-electron chi connectivity index (χ4n) is 2.42. The van der Waals surface area contributed by atoms with Crippen molar-refractivity contribution < 1.29 is 14.3 Å². The number of hydrogen-bond acceptors (Lipinski definition) is 3. The Morgan fingerprint density at radius 2 is 2.21 bits per heavy atom. The lowest BCUT2D eigenvalue weighted by molar-refractivity contribution is -0.120. The van der Waals surface area contributed by atoms with Crippen LogP contribution in [0.1, 0.15) is 52.9 Å². The molecule has 1 rings (SSSR count). The number of alkyl carbamates (subject to hydrolysis) is 1. The Morgan fingerprint density at radius 1 is 1.47 bits per heavy atom. The fourth-order valence-corrected chi connectivity index (χ4v) is 2.42. The van der Waals surface area contributed by atoms with E-state index in [4.69, 9.17) is 4.74 Å². The number of Topliss-reactive ketones (excluding diaryl/α,β-unsaturated/α-hetero) is 1. The summed E-state index contributed by atoms with van der Waals surface area (Å²) in [6.45, 7) is 6.65. The van der Waals surface area contributed by atoms with Crippen molar-refractivity contribution in [3.05, 3.63) is 11.6 Å². The third kappa shape index (κ3) is 5.45. The zero-order valence-electron chi connectivity index (χ0n) is 12.3. The molecular weight excluding hydrogens is 242 g/mol. The van der Waals surface area contributed by atoms with Crippen LogP contribution in [0.5, 0.6) is 0 Å².